The van der Waals surface area contributed by atoms with Crippen molar-refractivity contribution < 1.29 is 31.1 Å². The number of hydrogen-bond acceptors (Lipinski definition) is 3. The van der Waals surface area contributed by atoms with Crippen molar-refractivity contribution in [2.45, 2.75) is 45.2 Å². The summed E-state index contributed by atoms with van der Waals surface area (Å²) in [7, 11) is 0. The summed E-state index contributed by atoms with van der Waals surface area (Å²) in [4.78, 5) is 21.3. The minimum Gasteiger partial charge on any atom is -0.333 e. The van der Waals surface area contributed by atoms with Gasteiger partial charge in [-0.15, -0.1) is 24.8 Å². The van der Waals surface area contributed by atoms with Gasteiger partial charge in [0.15, 0.2) is 0 Å². The number of carbonyl (C=O) groups excluding carboxylic acids is 1. The molecule has 4 nitrogen and oxygen atoms in total. The molecule has 1 atom stereocenters. The molecule has 0 aliphatic carbocycles. The van der Waals surface area contributed by atoms with E-state index in [9.17, 15) is 31.1 Å². The Labute approximate surface area is 241 Å². The Hall–Kier alpha value is -2.82. The molecule has 0 unspecified atom stereocenters. The van der Waals surface area contributed by atoms with Crippen LogP contribution in [0, 0.1) is 13.8 Å². The summed E-state index contributed by atoms with van der Waals surface area (Å²) < 4.78 is 80.6. The second-order valence-corrected chi connectivity index (χ2v) is 9.63. The van der Waals surface area contributed by atoms with Gasteiger partial charge in [-0.25, -0.2) is 0 Å². The van der Waals surface area contributed by atoms with E-state index >= 15 is 0 Å². The van der Waals surface area contributed by atoms with Crippen molar-refractivity contribution in [2.75, 3.05) is 19.6 Å². The molecule has 2 aromatic carbocycles. The van der Waals surface area contributed by atoms with E-state index in [-0.39, 0.29) is 37.4 Å². The van der Waals surface area contributed by atoms with Crippen molar-refractivity contribution in [3.05, 3.63) is 99.9 Å². The molecule has 2 heterocycles. The molecule has 3 aromatic rings. The highest BCUT2D eigenvalue weighted by atomic mass is 35.5. The first kappa shape index (κ1) is 33.4. The molecular formula is C28H29Cl2F6N3O. The lowest BCUT2D eigenvalue weighted by molar-refractivity contribution is -0.143. The zero-order chi connectivity index (χ0) is 27.7. The fourth-order valence-corrected chi connectivity index (χ4v) is 4.67. The Morgan fingerprint density at radius 3 is 2.08 bits per heavy atom. The fourth-order valence-electron chi connectivity index (χ4n) is 4.67. The van der Waals surface area contributed by atoms with Gasteiger partial charge >= 0.3 is 12.4 Å². The Morgan fingerprint density at radius 2 is 1.52 bits per heavy atom. The normalized spacial score (nSPS) is 16.2. The highest BCUT2D eigenvalue weighted by Crippen LogP contribution is 2.37. The van der Waals surface area contributed by atoms with Gasteiger partial charge in [-0.05, 0) is 67.3 Å². The molecular weight excluding hydrogens is 579 g/mol. The molecule has 0 spiro atoms. The van der Waals surface area contributed by atoms with Crippen LogP contribution < -0.4 is 0 Å². The van der Waals surface area contributed by atoms with E-state index < -0.39 is 41.0 Å². The lowest BCUT2D eigenvalue weighted by Crippen LogP contribution is -2.55. The quantitative estimate of drug-likeness (QED) is 0.289. The molecule has 218 valence electrons. The zero-order valence-electron chi connectivity index (χ0n) is 21.7. The van der Waals surface area contributed by atoms with Crippen molar-refractivity contribution >= 4 is 30.7 Å². The molecule has 1 amide bonds. The third-order valence-corrected chi connectivity index (χ3v) is 6.82. The van der Waals surface area contributed by atoms with E-state index in [0.717, 1.165) is 22.4 Å². The van der Waals surface area contributed by atoms with Crippen LogP contribution in [-0.4, -0.2) is 46.4 Å². The van der Waals surface area contributed by atoms with Gasteiger partial charge in [0.05, 0.1) is 16.8 Å². The molecule has 1 fully saturated rings. The minimum atomic E-state index is -5.03. The lowest BCUT2D eigenvalue weighted by Gasteiger charge is -2.41. The van der Waals surface area contributed by atoms with Crippen LogP contribution in [0.4, 0.5) is 26.3 Å². The number of amides is 1. The predicted molar refractivity (Wildman–Crippen MR) is 145 cm³/mol. The maximum absolute atomic E-state index is 13.5. The number of piperazine rings is 1. The Balaban J connectivity index is 0.00000280. The Bertz CT molecular complexity index is 1270. The molecule has 4 rings (SSSR count). The van der Waals surface area contributed by atoms with Gasteiger partial charge in [0, 0.05) is 44.0 Å². The molecule has 1 aromatic heterocycles. The van der Waals surface area contributed by atoms with E-state index in [4.69, 9.17) is 0 Å². The maximum atomic E-state index is 13.5. The standard InChI is InChI=1S/C28H27F6N3O.2ClH/c1-18-6-7-20(11-19(18)2)12-25-17-36(16-24-5-3-4-8-35-24)9-10-37(25)26(38)21-13-22(27(29,30)31)15-23(14-21)28(32,33)34;;/h3-8,11,13-15,25H,9-10,12,16-17H2,1-2H3;2*1H/t25-;;/m1../s1. The van der Waals surface area contributed by atoms with Gasteiger partial charge in [0.25, 0.3) is 5.91 Å². The first-order valence-corrected chi connectivity index (χ1v) is 12.1. The average molecular weight is 608 g/mol. The molecule has 0 saturated carbocycles. The molecule has 1 aliphatic heterocycles. The third-order valence-electron chi connectivity index (χ3n) is 6.82. The van der Waals surface area contributed by atoms with Gasteiger partial charge in [0.2, 0.25) is 0 Å². The number of halogens is 8. The number of rotatable bonds is 5. The molecule has 0 N–H and O–H groups in total. The second-order valence-electron chi connectivity index (χ2n) is 9.63. The van der Waals surface area contributed by atoms with Gasteiger partial charge in [-0.2, -0.15) is 26.3 Å². The summed E-state index contributed by atoms with van der Waals surface area (Å²) in [6.45, 7) is 5.37. The van der Waals surface area contributed by atoms with Crippen molar-refractivity contribution in [3.8, 4) is 0 Å². The maximum Gasteiger partial charge on any atom is 0.416 e. The van der Waals surface area contributed by atoms with Crippen LogP contribution in [0.15, 0.2) is 60.8 Å². The minimum absolute atomic E-state index is 0. The topological polar surface area (TPSA) is 36.4 Å². The van der Waals surface area contributed by atoms with E-state index in [0.29, 0.717) is 38.2 Å². The number of hydrogen-bond donors (Lipinski definition) is 0. The number of carbonyl (C=O) groups is 1. The van der Waals surface area contributed by atoms with Gasteiger partial charge in [-0.1, -0.05) is 24.3 Å². The SMILES string of the molecule is Cc1ccc(C[C@@H]2CN(Cc3ccccn3)CCN2C(=O)c2cc(C(F)(F)F)cc(C(F)(F)F)c2)cc1C.Cl.Cl. The summed E-state index contributed by atoms with van der Waals surface area (Å²) in [5.41, 5.74) is 0.251. The van der Waals surface area contributed by atoms with Crippen LogP contribution >= 0.6 is 24.8 Å². The van der Waals surface area contributed by atoms with Gasteiger partial charge in [-0.3, -0.25) is 14.7 Å². The molecule has 0 bridgehead atoms. The van der Waals surface area contributed by atoms with Gasteiger partial charge < -0.3 is 4.90 Å². The van der Waals surface area contributed by atoms with Gasteiger partial charge in [0.1, 0.15) is 0 Å². The van der Waals surface area contributed by atoms with Crippen LogP contribution in [-0.2, 0) is 25.3 Å². The molecule has 12 heteroatoms. The summed E-state index contributed by atoms with van der Waals surface area (Å²) in [5, 5.41) is 0. The number of alkyl halides is 6. The number of aryl methyl sites for hydroxylation is 2. The van der Waals surface area contributed by atoms with E-state index in [1.165, 1.54) is 4.90 Å². The number of benzene rings is 2. The smallest absolute Gasteiger partial charge is 0.333 e. The van der Waals surface area contributed by atoms with E-state index in [2.05, 4.69) is 9.88 Å². The molecule has 1 saturated heterocycles. The number of pyridine rings is 1. The Kier molecular flexibility index (Phi) is 11.0. The molecule has 1 aliphatic rings. The van der Waals surface area contributed by atoms with Crippen LogP contribution in [0.1, 0.15) is 43.9 Å². The highest BCUT2D eigenvalue weighted by molar-refractivity contribution is 5.95. The second kappa shape index (κ2) is 13.2. The molecule has 40 heavy (non-hydrogen) atoms. The lowest BCUT2D eigenvalue weighted by atomic mass is 9.97. The average Bonchev–Trinajstić information content (AvgIpc) is 2.85. The van der Waals surface area contributed by atoms with Crippen LogP contribution in [0.2, 0.25) is 0 Å². The van der Waals surface area contributed by atoms with Crippen LogP contribution in [0.5, 0.6) is 0 Å². The number of aromatic nitrogens is 1. The summed E-state index contributed by atoms with van der Waals surface area (Å²) >= 11 is 0. The fraction of sp³-hybridized carbons (Fsp3) is 0.357. The zero-order valence-corrected chi connectivity index (χ0v) is 23.4. The van der Waals surface area contributed by atoms with E-state index in [1.807, 2.05) is 44.2 Å². The molecule has 0 radical (unpaired) electrons. The largest absolute Gasteiger partial charge is 0.416 e. The van der Waals surface area contributed by atoms with Crippen molar-refractivity contribution in [2.24, 2.45) is 0 Å². The highest BCUT2D eigenvalue weighted by Gasteiger charge is 2.39. The summed E-state index contributed by atoms with van der Waals surface area (Å²) in [6, 6.07) is 12.0. The van der Waals surface area contributed by atoms with E-state index in [1.54, 1.807) is 12.3 Å². The van der Waals surface area contributed by atoms with Crippen molar-refractivity contribution in [1.82, 2.24) is 14.8 Å². The summed E-state index contributed by atoms with van der Waals surface area (Å²) in [5.74, 6) is -0.854. The van der Waals surface area contributed by atoms with Crippen molar-refractivity contribution in [3.63, 3.8) is 0 Å². The van der Waals surface area contributed by atoms with Crippen molar-refractivity contribution in [1.29, 1.82) is 0 Å². The first-order valence-electron chi connectivity index (χ1n) is 12.1. The van der Waals surface area contributed by atoms with Crippen LogP contribution in [0.25, 0.3) is 0 Å². The van der Waals surface area contributed by atoms with Crippen LogP contribution in [0.3, 0.4) is 0 Å². The third kappa shape index (κ3) is 8.11. The summed E-state index contributed by atoms with van der Waals surface area (Å²) in [6.07, 6.45) is -7.99. The number of nitrogens with zero attached hydrogens (tertiary/aromatic N) is 3. The first-order chi connectivity index (χ1) is 17.8. The Morgan fingerprint density at radius 1 is 0.875 bits per heavy atom. The predicted octanol–water partition coefficient (Wildman–Crippen LogP) is 7.15. The monoisotopic (exact) mass is 607 g/mol.